The van der Waals surface area contributed by atoms with Crippen LogP contribution in [0.3, 0.4) is 0 Å². The van der Waals surface area contributed by atoms with Gasteiger partial charge in [0.05, 0.1) is 32.6 Å². The van der Waals surface area contributed by atoms with Gasteiger partial charge in [-0.05, 0) is 49.4 Å². The Bertz CT molecular complexity index is 1480. The molecular formula is C27H26N6O4. The second-order valence-corrected chi connectivity index (χ2v) is 8.27. The van der Waals surface area contributed by atoms with E-state index in [1.54, 1.807) is 56.6 Å². The Kier molecular flexibility index (Phi) is 6.46. The summed E-state index contributed by atoms with van der Waals surface area (Å²) in [7, 11) is 4.74. The Morgan fingerprint density at radius 3 is 2.46 bits per heavy atom. The van der Waals surface area contributed by atoms with Gasteiger partial charge < -0.3 is 24.8 Å². The Morgan fingerprint density at radius 2 is 1.73 bits per heavy atom. The topological polar surface area (TPSA) is 112 Å². The molecule has 1 unspecified atom stereocenters. The molecule has 1 atom stereocenters. The molecule has 10 nitrogen and oxygen atoms in total. The molecule has 1 amide bonds. The minimum absolute atomic E-state index is 0.323. The molecular weight excluding hydrogens is 472 g/mol. The van der Waals surface area contributed by atoms with Crippen LogP contribution in [0.4, 0.5) is 11.6 Å². The van der Waals surface area contributed by atoms with Gasteiger partial charge in [-0.2, -0.15) is 4.98 Å². The van der Waals surface area contributed by atoms with Gasteiger partial charge in [0.25, 0.3) is 5.91 Å². The second kappa shape index (κ2) is 10.0. The normalized spacial score (nSPS) is 14.4. The van der Waals surface area contributed by atoms with Crippen LogP contribution in [0.1, 0.15) is 18.5 Å². The summed E-state index contributed by atoms with van der Waals surface area (Å²) < 4.78 is 18.3. The van der Waals surface area contributed by atoms with E-state index in [9.17, 15) is 4.79 Å². The number of anilines is 2. The molecule has 37 heavy (non-hydrogen) atoms. The van der Waals surface area contributed by atoms with Crippen molar-refractivity contribution in [3.05, 3.63) is 83.8 Å². The molecule has 2 aromatic carbocycles. The zero-order valence-corrected chi connectivity index (χ0v) is 20.9. The molecule has 4 aromatic rings. The van der Waals surface area contributed by atoms with Crippen molar-refractivity contribution in [1.82, 2.24) is 19.7 Å². The van der Waals surface area contributed by atoms with Crippen molar-refractivity contribution in [2.75, 3.05) is 32.0 Å². The summed E-state index contributed by atoms with van der Waals surface area (Å²) in [5.74, 6) is 2.41. The predicted molar refractivity (Wildman–Crippen MR) is 139 cm³/mol. The van der Waals surface area contributed by atoms with Gasteiger partial charge in [-0.15, -0.1) is 5.10 Å². The lowest BCUT2D eigenvalue weighted by atomic mass is 9.94. The third-order valence-electron chi connectivity index (χ3n) is 6.12. The van der Waals surface area contributed by atoms with Crippen molar-refractivity contribution in [3.63, 3.8) is 0 Å². The first kappa shape index (κ1) is 23.9. The zero-order valence-electron chi connectivity index (χ0n) is 20.9. The fourth-order valence-electron chi connectivity index (χ4n) is 4.35. The third kappa shape index (κ3) is 4.44. The van der Waals surface area contributed by atoms with Crippen molar-refractivity contribution in [2.24, 2.45) is 0 Å². The van der Waals surface area contributed by atoms with E-state index >= 15 is 0 Å². The van der Waals surface area contributed by atoms with E-state index < -0.39 is 6.04 Å². The number of allylic oxidation sites excluding steroid dienone is 1. The highest BCUT2D eigenvalue weighted by atomic mass is 16.5. The van der Waals surface area contributed by atoms with Gasteiger partial charge >= 0.3 is 0 Å². The fourth-order valence-corrected chi connectivity index (χ4v) is 4.35. The number of hydrogen-bond donors (Lipinski definition) is 2. The Labute approximate surface area is 213 Å². The second-order valence-electron chi connectivity index (χ2n) is 8.27. The number of carbonyl (C=O) groups excluding carboxylic acids is 1. The molecule has 0 aliphatic carbocycles. The first-order valence-corrected chi connectivity index (χ1v) is 11.5. The summed E-state index contributed by atoms with van der Waals surface area (Å²) >= 11 is 0. The largest absolute Gasteiger partial charge is 0.497 e. The van der Waals surface area contributed by atoms with E-state index in [1.807, 2.05) is 43.3 Å². The average molecular weight is 499 g/mol. The number of aromatic nitrogens is 4. The number of fused-ring (bicyclic) bond motifs is 1. The zero-order chi connectivity index (χ0) is 25.9. The first-order chi connectivity index (χ1) is 18.0. The van der Waals surface area contributed by atoms with E-state index in [2.05, 4.69) is 15.6 Å². The van der Waals surface area contributed by atoms with Gasteiger partial charge in [0.1, 0.15) is 23.3 Å². The lowest BCUT2D eigenvalue weighted by molar-refractivity contribution is -0.113. The molecule has 2 aromatic heterocycles. The number of nitrogens with one attached hydrogen (secondary N) is 2. The third-order valence-corrected chi connectivity index (χ3v) is 6.12. The highest BCUT2D eigenvalue weighted by molar-refractivity contribution is 6.06. The van der Waals surface area contributed by atoms with Crippen molar-refractivity contribution in [2.45, 2.75) is 13.0 Å². The quantitative estimate of drug-likeness (QED) is 0.388. The molecule has 0 bridgehead atoms. The number of methoxy groups -OCH3 is 3. The van der Waals surface area contributed by atoms with E-state index in [0.717, 1.165) is 5.56 Å². The Morgan fingerprint density at radius 1 is 0.973 bits per heavy atom. The van der Waals surface area contributed by atoms with Gasteiger partial charge in [0, 0.05) is 29.2 Å². The van der Waals surface area contributed by atoms with Crippen LogP contribution in [-0.4, -0.2) is 47.0 Å². The highest BCUT2D eigenvalue weighted by Gasteiger charge is 2.36. The molecule has 5 rings (SSSR count). The number of carbonyl (C=O) groups is 1. The number of benzene rings is 2. The summed E-state index contributed by atoms with van der Waals surface area (Å²) in [6.45, 7) is 1.83. The summed E-state index contributed by atoms with van der Waals surface area (Å²) in [6.07, 6.45) is 3.36. The van der Waals surface area contributed by atoms with E-state index in [-0.39, 0.29) is 5.91 Å². The van der Waals surface area contributed by atoms with Crippen molar-refractivity contribution < 1.29 is 19.0 Å². The van der Waals surface area contributed by atoms with Gasteiger partial charge in [0.2, 0.25) is 5.95 Å². The van der Waals surface area contributed by atoms with Gasteiger partial charge in [-0.1, -0.05) is 12.1 Å². The molecule has 0 spiro atoms. The number of rotatable bonds is 7. The van der Waals surface area contributed by atoms with Crippen molar-refractivity contribution >= 4 is 17.5 Å². The smallest absolute Gasteiger partial charge is 0.255 e. The van der Waals surface area contributed by atoms with Crippen LogP contribution in [0.5, 0.6) is 17.2 Å². The first-order valence-electron chi connectivity index (χ1n) is 11.5. The molecule has 188 valence electrons. The molecule has 0 saturated carbocycles. The highest BCUT2D eigenvalue weighted by Crippen LogP contribution is 2.42. The van der Waals surface area contributed by atoms with Crippen LogP contribution >= 0.6 is 0 Å². The SMILES string of the molecule is COc1ccc(OC)c(C2C(C(=O)Nc3ccccc3OC)=C(C)Nc3nc(-c4ccncc4)nn32)c1. The van der Waals surface area contributed by atoms with E-state index in [1.165, 1.54) is 0 Å². The number of pyridine rings is 1. The maximum atomic E-state index is 13.9. The summed E-state index contributed by atoms with van der Waals surface area (Å²) in [5.41, 5.74) is 3.11. The molecule has 3 heterocycles. The number of para-hydroxylation sites is 2. The lowest BCUT2D eigenvalue weighted by Crippen LogP contribution is -2.31. The van der Waals surface area contributed by atoms with Crippen molar-refractivity contribution in [3.8, 4) is 28.6 Å². The van der Waals surface area contributed by atoms with E-state index in [4.69, 9.17) is 24.3 Å². The average Bonchev–Trinajstić information content (AvgIpc) is 3.36. The minimum atomic E-state index is -0.668. The minimum Gasteiger partial charge on any atom is -0.497 e. The molecule has 0 saturated heterocycles. The van der Waals surface area contributed by atoms with E-state index in [0.29, 0.717) is 51.5 Å². The summed E-state index contributed by atoms with van der Waals surface area (Å²) in [4.78, 5) is 22.6. The molecule has 0 radical (unpaired) electrons. The maximum Gasteiger partial charge on any atom is 0.255 e. The van der Waals surface area contributed by atoms with Crippen LogP contribution in [-0.2, 0) is 4.79 Å². The van der Waals surface area contributed by atoms with Gasteiger partial charge in [-0.3, -0.25) is 9.78 Å². The van der Waals surface area contributed by atoms with Crippen LogP contribution in [0.25, 0.3) is 11.4 Å². The van der Waals surface area contributed by atoms with Gasteiger partial charge in [0.15, 0.2) is 5.82 Å². The van der Waals surface area contributed by atoms with Crippen LogP contribution in [0, 0.1) is 0 Å². The van der Waals surface area contributed by atoms with Crippen LogP contribution < -0.4 is 24.8 Å². The fraction of sp³-hybridized carbons (Fsp3) is 0.185. The van der Waals surface area contributed by atoms with Crippen LogP contribution in [0.15, 0.2) is 78.3 Å². The van der Waals surface area contributed by atoms with Crippen molar-refractivity contribution in [1.29, 1.82) is 0 Å². The Balaban J connectivity index is 1.66. The summed E-state index contributed by atoms with van der Waals surface area (Å²) in [5, 5.41) is 11.0. The summed E-state index contributed by atoms with van der Waals surface area (Å²) in [6, 6.07) is 15.7. The molecule has 2 N–H and O–H groups in total. The molecule has 0 fully saturated rings. The number of amides is 1. The Hall–Kier alpha value is -4.86. The van der Waals surface area contributed by atoms with Gasteiger partial charge in [-0.25, -0.2) is 4.68 Å². The van der Waals surface area contributed by atoms with Crippen LogP contribution in [0.2, 0.25) is 0 Å². The predicted octanol–water partition coefficient (Wildman–Crippen LogP) is 4.29. The molecule has 1 aliphatic heterocycles. The number of hydrogen-bond acceptors (Lipinski definition) is 8. The standard InChI is InChI=1S/C27H26N6O4/c1-16-23(26(34)30-20-7-5-6-8-22(20)37-4)24(19-15-18(35-2)9-10-21(19)36-3)33-27(29-16)31-25(32-33)17-11-13-28-14-12-17/h5-15,24H,1-4H3,(H,30,34)(H,29,31,32). The number of ether oxygens (including phenoxy) is 3. The molecule has 1 aliphatic rings. The lowest BCUT2D eigenvalue weighted by Gasteiger charge is -2.29. The number of nitrogens with zero attached hydrogens (tertiary/aromatic N) is 4. The monoisotopic (exact) mass is 498 g/mol. The maximum absolute atomic E-state index is 13.9. The molecule has 10 heteroatoms.